The van der Waals surface area contributed by atoms with Crippen LogP contribution in [0, 0.1) is 5.92 Å². The summed E-state index contributed by atoms with van der Waals surface area (Å²) in [7, 11) is 1.77. The van der Waals surface area contributed by atoms with E-state index >= 15 is 0 Å². The van der Waals surface area contributed by atoms with Gasteiger partial charge in [-0.2, -0.15) is 0 Å². The predicted molar refractivity (Wildman–Crippen MR) is 114 cm³/mol. The molecule has 2 aliphatic heterocycles. The summed E-state index contributed by atoms with van der Waals surface area (Å²) >= 11 is 0. The fraction of sp³-hybridized carbons (Fsp3) is 0.905. The minimum Gasteiger partial charge on any atom is -0.444 e. The Bertz CT molecular complexity index is 515. The summed E-state index contributed by atoms with van der Waals surface area (Å²) in [4.78, 5) is 18.4. The summed E-state index contributed by atoms with van der Waals surface area (Å²) in [6, 6.07) is 0. The lowest BCUT2D eigenvalue weighted by molar-refractivity contribution is 0.0166. The van der Waals surface area contributed by atoms with Gasteiger partial charge < -0.3 is 29.7 Å². The lowest BCUT2D eigenvalue weighted by atomic mass is 9.98. The standard InChI is InChI=1S/C21H40N4O4/c1-21(2,3)29-20(26)25-11-5-8-17(15-25)14-24-19(22-4)23-10-7-12-27-16-18-9-6-13-28-18/h17-18H,5-16H2,1-4H3,(H2,22,23,24). The molecule has 0 aliphatic carbocycles. The first-order valence-electron chi connectivity index (χ1n) is 11.0. The number of hydrogen-bond acceptors (Lipinski definition) is 5. The number of piperidine rings is 1. The highest BCUT2D eigenvalue weighted by molar-refractivity contribution is 5.79. The average Bonchev–Trinajstić information content (AvgIpc) is 3.19. The molecule has 0 aromatic carbocycles. The predicted octanol–water partition coefficient (Wildman–Crippen LogP) is 2.38. The van der Waals surface area contributed by atoms with Gasteiger partial charge in [0.2, 0.25) is 0 Å². The lowest BCUT2D eigenvalue weighted by Crippen LogP contribution is -2.47. The molecular weight excluding hydrogens is 372 g/mol. The minimum atomic E-state index is -0.456. The molecule has 1 amide bonds. The molecule has 0 saturated carbocycles. The quantitative estimate of drug-likeness (QED) is 0.362. The van der Waals surface area contributed by atoms with Crippen LogP contribution in [0.3, 0.4) is 0 Å². The summed E-state index contributed by atoms with van der Waals surface area (Å²) in [5, 5.41) is 6.71. The summed E-state index contributed by atoms with van der Waals surface area (Å²) in [6.45, 7) is 11.1. The van der Waals surface area contributed by atoms with Gasteiger partial charge in [0.05, 0.1) is 12.7 Å². The molecule has 29 heavy (non-hydrogen) atoms. The Hall–Kier alpha value is -1.54. The van der Waals surface area contributed by atoms with E-state index in [1.54, 1.807) is 7.05 Å². The highest BCUT2D eigenvalue weighted by Gasteiger charge is 2.27. The number of carbonyl (C=O) groups excluding carboxylic acids is 1. The number of ether oxygens (including phenoxy) is 3. The number of likely N-dealkylation sites (tertiary alicyclic amines) is 1. The first-order valence-corrected chi connectivity index (χ1v) is 11.0. The van der Waals surface area contributed by atoms with Crippen molar-refractivity contribution in [2.24, 2.45) is 10.9 Å². The van der Waals surface area contributed by atoms with Crippen molar-refractivity contribution in [3.8, 4) is 0 Å². The van der Waals surface area contributed by atoms with Crippen molar-refractivity contribution in [3.63, 3.8) is 0 Å². The van der Waals surface area contributed by atoms with E-state index in [1.807, 2.05) is 25.7 Å². The van der Waals surface area contributed by atoms with Gasteiger partial charge in [-0.25, -0.2) is 4.79 Å². The number of rotatable bonds is 8. The molecule has 8 nitrogen and oxygen atoms in total. The highest BCUT2D eigenvalue weighted by atomic mass is 16.6. The Labute approximate surface area is 175 Å². The maximum absolute atomic E-state index is 12.3. The maximum Gasteiger partial charge on any atom is 0.410 e. The van der Waals surface area contributed by atoms with Crippen molar-refractivity contribution in [1.29, 1.82) is 0 Å². The van der Waals surface area contributed by atoms with Gasteiger partial charge in [0.1, 0.15) is 5.60 Å². The van der Waals surface area contributed by atoms with Gasteiger partial charge >= 0.3 is 6.09 Å². The molecule has 0 bridgehead atoms. The van der Waals surface area contributed by atoms with Crippen LogP contribution in [-0.4, -0.2) is 81.7 Å². The zero-order chi connectivity index (χ0) is 21.1. The minimum absolute atomic E-state index is 0.215. The fourth-order valence-electron chi connectivity index (χ4n) is 3.56. The van der Waals surface area contributed by atoms with Crippen LogP contribution in [0.5, 0.6) is 0 Å². The van der Waals surface area contributed by atoms with E-state index in [0.29, 0.717) is 12.5 Å². The van der Waals surface area contributed by atoms with Crippen LogP contribution >= 0.6 is 0 Å². The Kier molecular flexibility index (Phi) is 10.0. The number of guanidine groups is 1. The lowest BCUT2D eigenvalue weighted by Gasteiger charge is -2.34. The summed E-state index contributed by atoms with van der Waals surface area (Å²) in [5.41, 5.74) is -0.456. The Morgan fingerprint density at radius 2 is 2.07 bits per heavy atom. The monoisotopic (exact) mass is 412 g/mol. The van der Waals surface area contributed by atoms with Gasteiger partial charge in [-0.05, 0) is 58.8 Å². The van der Waals surface area contributed by atoms with Gasteiger partial charge in [-0.3, -0.25) is 4.99 Å². The van der Waals surface area contributed by atoms with Crippen molar-refractivity contribution >= 4 is 12.1 Å². The van der Waals surface area contributed by atoms with Gasteiger partial charge in [0, 0.05) is 46.4 Å². The average molecular weight is 413 g/mol. The van der Waals surface area contributed by atoms with Crippen LogP contribution in [0.15, 0.2) is 4.99 Å². The second-order valence-electron chi connectivity index (χ2n) is 8.88. The second kappa shape index (κ2) is 12.2. The molecule has 2 N–H and O–H groups in total. The van der Waals surface area contributed by atoms with Crippen LogP contribution in [0.2, 0.25) is 0 Å². The fourth-order valence-corrected chi connectivity index (χ4v) is 3.56. The van der Waals surface area contributed by atoms with E-state index in [2.05, 4.69) is 15.6 Å². The third kappa shape index (κ3) is 9.67. The van der Waals surface area contributed by atoms with Gasteiger partial charge in [0.15, 0.2) is 5.96 Å². The molecule has 2 atom stereocenters. The third-order valence-electron chi connectivity index (χ3n) is 5.04. The molecule has 0 radical (unpaired) electrons. The molecule has 2 unspecified atom stereocenters. The van der Waals surface area contributed by atoms with Crippen molar-refractivity contribution < 1.29 is 19.0 Å². The number of aliphatic imine (C=N–C) groups is 1. The van der Waals surface area contributed by atoms with Gasteiger partial charge in [-0.1, -0.05) is 0 Å². The molecule has 0 aromatic rings. The number of nitrogens with zero attached hydrogens (tertiary/aromatic N) is 2. The molecule has 8 heteroatoms. The van der Waals surface area contributed by atoms with Crippen LogP contribution in [0.25, 0.3) is 0 Å². The van der Waals surface area contributed by atoms with Crippen LogP contribution in [0.4, 0.5) is 4.79 Å². The molecule has 2 aliphatic rings. The first kappa shape index (κ1) is 23.7. The molecule has 168 valence electrons. The van der Waals surface area contributed by atoms with Crippen molar-refractivity contribution in [2.45, 2.75) is 64.6 Å². The van der Waals surface area contributed by atoms with Crippen molar-refractivity contribution in [2.75, 3.05) is 53.0 Å². The van der Waals surface area contributed by atoms with Crippen molar-refractivity contribution in [1.82, 2.24) is 15.5 Å². The third-order valence-corrected chi connectivity index (χ3v) is 5.04. The molecule has 2 fully saturated rings. The van der Waals surface area contributed by atoms with Crippen molar-refractivity contribution in [3.05, 3.63) is 0 Å². The summed E-state index contributed by atoms with van der Waals surface area (Å²) < 4.78 is 16.7. The number of amides is 1. The van der Waals surface area contributed by atoms with E-state index in [-0.39, 0.29) is 12.2 Å². The maximum atomic E-state index is 12.3. The zero-order valence-electron chi connectivity index (χ0n) is 18.7. The van der Waals surface area contributed by atoms with E-state index < -0.39 is 5.60 Å². The Morgan fingerprint density at radius 1 is 1.24 bits per heavy atom. The smallest absolute Gasteiger partial charge is 0.410 e. The Balaban J connectivity index is 1.58. The summed E-state index contributed by atoms with van der Waals surface area (Å²) in [6.07, 6.45) is 5.35. The molecule has 0 spiro atoms. The number of nitrogens with one attached hydrogen (secondary N) is 2. The SMILES string of the molecule is CN=C(NCCCOCC1CCCO1)NCC1CCCN(C(=O)OC(C)(C)C)C1. The first-order chi connectivity index (χ1) is 13.9. The molecule has 0 aromatic heterocycles. The van der Waals surface area contributed by atoms with E-state index in [4.69, 9.17) is 14.2 Å². The van der Waals surface area contributed by atoms with Crippen LogP contribution in [0.1, 0.15) is 52.9 Å². The van der Waals surface area contributed by atoms with E-state index in [0.717, 1.165) is 77.5 Å². The van der Waals surface area contributed by atoms with E-state index in [9.17, 15) is 4.79 Å². The topological polar surface area (TPSA) is 84.4 Å². The second-order valence-corrected chi connectivity index (χ2v) is 8.88. The van der Waals surface area contributed by atoms with Gasteiger partial charge in [0.25, 0.3) is 0 Å². The molecule has 2 heterocycles. The number of carbonyl (C=O) groups is 1. The van der Waals surface area contributed by atoms with Crippen LogP contribution in [-0.2, 0) is 14.2 Å². The van der Waals surface area contributed by atoms with E-state index in [1.165, 1.54) is 0 Å². The molecular formula is C21H40N4O4. The Morgan fingerprint density at radius 3 is 2.76 bits per heavy atom. The number of hydrogen-bond donors (Lipinski definition) is 2. The molecule has 2 saturated heterocycles. The molecule has 2 rings (SSSR count). The largest absolute Gasteiger partial charge is 0.444 e. The summed E-state index contributed by atoms with van der Waals surface area (Å²) in [5.74, 6) is 1.18. The van der Waals surface area contributed by atoms with Gasteiger partial charge in [-0.15, -0.1) is 0 Å². The normalized spacial score (nSPS) is 23.2. The highest BCUT2D eigenvalue weighted by Crippen LogP contribution is 2.19. The van der Waals surface area contributed by atoms with Crippen LogP contribution < -0.4 is 10.6 Å². The zero-order valence-corrected chi connectivity index (χ0v) is 18.7.